The van der Waals surface area contributed by atoms with E-state index in [2.05, 4.69) is 43.3 Å². The predicted octanol–water partition coefficient (Wildman–Crippen LogP) is 3.97. The Bertz CT molecular complexity index is 938. The van der Waals surface area contributed by atoms with E-state index in [1.54, 1.807) is 0 Å². The topological polar surface area (TPSA) is 80.4 Å². The first kappa shape index (κ1) is 22.2. The second-order valence-corrected chi connectivity index (χ2v) is 9.73. The Morgan fingerprint density at radius 1 is 1.03 bits per heavy atom. The fraction of sp³-hybridized carbons (Fsp3) is 0.640. The molecule has 0 atom stereocenters. The zero-order valence-electron chi connectivity index (χ0n) is 19.9. The summed E-state index contributed by atoms with van der Waals surface area (Å²) in [5.41, 5.74) is 2.81. The summed E-state index contributed by atoms with van der Waals surface area (Å²) in [6.07, 6.45) is 8.42. The molecular formula is C25H37N7O. The summed E-state index contributed by atoms with van der Waals surface area (Å²) in [5, 5.41) is 11.9. The zero-order valence-corrected chi connectivity index (χ0v) is 19.9. The van der Waals surface area contributed by atoms with Crippen molar-refractivity contribution >= 4 is 23.2 Å². The molecule has 3 heterocycles. The maximum Gasteiger partial charge on any atom is 0.256 e. The van der Waals surface area contributed by atoms with Gasteiger partial charge < -0.3 is 20.1 Å². The monoisotopic (exact) mass is 451 g/mol. The minimum Gasteiger partial charge on any atom is -0.371 e. The maximum atomic E-state index is 13.6. The number of nitrogens with zero attached hydrogens (tertiary/aromatic N) is 5. The molecule has 2 N–H and O–H groups in total. The number of hydrogen-bond donors (Lipinski definition) is 2. The number of amides is 1. The van der Waals surface area contributed by atoms with Gasteiger partial charge >= 0.3 is 0 Å². The fourth-order valence-corrected chi connectivity index (χ4v) is 5.03. The lowest BCUT2D eigenvalue weighted by molar-refractivity contribution is 0.0638. The molecule has 3 aliphatic rings. The molecule has 8 nitrogen and oxygen atoms in total. The van der Waals surface area contributed by atoms with Crippen molar-refractivity contribution in [1.82, 2.24) is 25.0 Å². The van der Waals surface area contributed by atoms with E-state index in [0.717, 1.165) is 75.0 Å². The van der Waals surface area contributed by atoms with Crippen molar-refractivity contribution in [2.24, 2.45) is 0 Å². The van der Waals surface area contributed by atoms with Gasteiger partial charge in [-0.05, 0) is 56.8 Å². The second kappa shape index (κ2) is 10.1. The van der Waals surface area contributed by atoms with Gasteiger partial charge in [0, 0.05) is 50.9 Å². The number of nitrogens with one attached hydrogen (secondary N) is 2. The summed E-state index contributed by atoms with van der Waals surface area (Å²) >= 11 is 0. The highest BCUT2D eigenvalue weighted by Gasteiger charge is 2.28. The van der Waals surface area contributed by atoms with Crippen LogP contribution in [0.2, 0.25) is 0 Å². The van der Waals surface area contributed by atoms with Crippen LogP contribution in [-0.2, 0) is 0 Å². The van der Waals surface area contributed by atoms with E-state index in [-0.39, 0.29) is 5.91 Å². The molecule has 0 unspecified atom stereocenters. The lowest BCUT2D eigenvalue weighted by Gasteiger charge is -2.35. The molecule has 1 saturated carbocycles. The first-order valence-electron chi connectivity index (χ1n) is 12.8. The van der Waals surface area contributed by atoms with Crippen LogP contribution in [0.5, 0.6) is 0 Å². The van der Waals surface area contributed by atoms with Gasteiger partial charge in [-0.2, -0.15) is 0 Å². The summed E-state index contributed by atoms with van der Waals surface area (Å²) in [4.78, 5) is 23.8. The number of carbonyl (C=O) groups is 1. The molecule has 2 aliphatic heterocycles. The number of anilines is 3. The molecule has 0 spiro atoms. The molecule has 2 saturated heterocycles. The van der Waals surface area contributed by atoms with E-state index in [9.17, 15) is 4.79 Å². The Balaban J connectivity index is 1.36. The van der Waals surface area contributed by atoms with Crippen LogP contribution in [0, 0.1) is 0 Å². The average Bonchev–Trinajstić information content (AvgIpc) is 3.64. The minimum absolute atomic E-state index is 0.160. The van der Waals surface area contributed by atoms with E-state index >= 15 is 0 Å². The average molecular weight is 452 g/mol. The molecule has 1 aromatic heterocycles. The molecule has 5 rings (SSSR count). The van der Waals surface area contributed by atoms with Crippen molar-refractivity contribution in [3.05, 3.63) is 29.6 Å². The molecule has 1 aromatic carbocycles. The number of rotatable bonds is 7. The number of carbonyl (C=O) groups excluding carboxylic acids is 1. The van der Waals surface area contributed by atoms with Crippen molar-refractivity contribution in [1.29, 1.82) is 0 Å². The van der Waals surface area contributed by atoms with E-state index < -0.39 is 0 Å². The van der Waals surface area contributed by atoms with Gasteiger partial charge in [0.15, 0.2) is 0 Å². The van der Waals surface area contributed by atoms with Crippen molar-refractivity contribution in [3.63, 3.8) is 0 Å². The Labute approximate surface area is 196 Å². The largest absolute Gasteiger partial charge is 0.371 e. The van der Waals surface area contributed by atoms with Crippen molar-refractivity contribution in [2.45, 2.75) is 57.8 Å². The molecule has 33 heavy (non-hydrogen) atoms. The van der Waals surface area contributed by atoms with Crippen molar-refractivity contribution in [2.75, 3.05) is 56.0 Å². The fourth-order valence-electron chi connectivity index (χ4n) is 5.03. The van der Waals surface area contributed by atoms with Gasteiger partial charge in [0.25, 0.3) is 5.91 Å². The Hall–Kier alpha value is -2.61. The van der Waals surface area contributed by atoms with Gasteiger partial charge in [-0.3, -0.25) is 9.69 Å². The minimum atomic E-state index is 0.160. The van der Waals surface area contributed by atoms with Gasteiger partial charge in [0.05, 0.1) is 11.3 Å². The van der Waals surface area contributed by atoms with Crippen LogP contribution in [0.4, 0.5) is 17.3 Å². The van der Waals surface area contributed by atoms with Gasteiger partial charge in [-0.1, -0.05) is 19.8 Å². The number of aromatic nitrogens is 3. The zero-order chi connectivity index (χ0) is 22.6. The highest BCUT2D eigenvalue weighted by Crippen LogP contribution is 2.38. The standard InChI is InChI=1S/C25H37N7O/c1-2-11-30-14-16-32(17-15-30)24(33)21-10-9-20(18-22(21)31-12-5-3-4-6-13-31)26-25-27-23(28-29-25)19-7-8-19/h9-10,18-19H,2-8,11-17H2,1H3,(H2,26,27,28,29). The molecule has 8 heteroatoms. The molecule has 0 radical (unpaired) electrons. The third-order valence-corrected chi connectivity index (χ3v) is 7.11. The summed E-state index contributed by atoms with van der Waals surface area (Å²) in [6.45, 7) is 8.88. The third kappa shape index (κ3) is 5.32. The molecule has 178 valence electrons. The first-order chi connectivity index (χ1) is 16.2. The lowest BCUT2D eigenvalue weighted by Crippen LogP contribution is -2.49. The normalized spacial score (nSPS) is 20.0. The van der Waals surface area contributed by atoms with Crippen LogP contribution in [0.15, 0.2) is 18.2 Å². The van der Waals surface area contributed by atoms with E-state index in [4.69, 9.17) is 0 Å². The Kier molecular flexibility index (Phi) is 6.80. The predicted molar refractivity (Wildman–Crippen MR) is 131 cm³/mol. The Morgan fingerprint density at radius 3 is 2.48 bits per heavy atom. The number of piperazine rings is 1. The Morgan fingerprint density at radius 2 is 1.79 bits per heavy atom. The van der Waals surface area contributed by atoms with Gasteiger partial charge in [-0.25, -0.2) is 0 Å². The SMILES string of the molecule is CCCN1CCN(C(=O)c2ccc(Nc3nnc(C4CC4)[nH]3)cc2N2CCCCCC2)CC1. The van der Waals surface area contributed by atoms with Gasteiger partial charge in [0.2, 0.25) is 5.95 Å². The molecule has 3 fully saturated rings. The maximum absolute atomic E-state index is 13.6. The summed E-state index contributed by atoms with van der Waals surface area (Å²) in [6, 6.07) is 6.13. The summed E-state index contributed by atoms with van der Waals surface area (Å²) < 4.78 is 0. The van der Waals surface area contributed by atoms with Crippen LogP contribution in [-0.4, -0.2) is 76.7 Å². The highest BCUT2D eigenvalue weighted by molar-refractivity contribution is 6.00. The van der Waals surface area contributed by atoms with Crippen LogP contribution < -0.4 is 10.2 Å². The molecule has 1 amide bonds. The van der Waals surface area contributed by atoms with Crippen LogP contribution in [0.1, 0.15) is 74.0 Å². The van der Waals surface area contributed by atoms with E-state index in [1.807, 2.05) is 17.0 Å². The molecule has 0 bridgehead atoms. The first-order valence-corrected chi connectivity index (χ1v) is 12.8. The van der Waals surface area contributed by atoms with Crippen LogP contribution >= 0.6 is 0 Å². The second-order valence-electron chi connectivity index (χ2n) is 9.73. The third-order valence-electron chi connectivity index (χ3n) is 7.11. The molecule has 2 aromatic rings. The van der Waals surface area contributed by atoms with Gasteiger partial charge in [0.1, 0.15) is 5.82 Å². The van der Waals surface area contributed by atoms with Gasteiger partial charge in [-0.15, -0.1) is 10.2 Å². The summed E-state index contributed by atoms with van der Waals surface area (Å²) in [5.74, 6) is 2.34. The number of hydrogen-bond acceptors (Lipinski definition) is 6. The highest BCUT2D eigenvalue weighted by atomic mass is 16.2. The van der Waals surface area contributed by atoms with Crippen molar-refractivity contribution in [3.8, 4) is 0 Å². The quantitative estimate of drug-likeness (QED) is 0.663. The van der Waals surface area contributed by atoms with Crippen molar-refractivity contribution < 1.29 is 4.79 Å². The van der Waals surface area contributed by atoms with E-state index in [0.29, 0.717) is 11.9 Å². The smallest absolute Gasteiger partial charge is 0.256 e. The summed E-state index contributed by atoms with van der Waals surface area (Å²) in [7, 11) is 0. The van der Waals surface area contributed by atoms with Crippen LogP contribution in [0.3, 0.4) is 0 Å². The molecular weight excluding hydrogens is 414 g/mol. The molecule has 1 aliphatic carbocycles. The lowest BCUT2D eigenvalue weighted by atomic mass is 10.1. The van der Waals surface area contributed by atoms with E-state index in [1.165, 1.54) is 38.5 Å². The number of benzene rings is 1. The van der Waals surface area contributed by atoms with Crippen LogP contribution in [0.25, 0.3) is 0 Å². The number of aromatic amines is 1. The number of H-pyrrole nitrogens is 1.